The van der Waals surface area contributed by atoms with E-state index < -0.39 is 6.10 Å². The summed E-state index contributed by atoms with van der Waals surface area (Å²) in [4.78, 5) is 38.1. The van der Waals surface area contributed by atoms with Crippen LogP contribution in [0.4, 0.5) is 0 Å². The van der Waals surface area contributed by atoms with Crippen LogP contribution in [0.2, 0.25) is 0 Å². The van der Waals surface area contributed by atoms with Crippen LogP contribution in [0.5, 0.6) is 0 Å². The van der Waals surface area contributed by atoms with Gasteiger partial charge >= 0.3 is 17.9 Å². The molecule has 6 heteroatoms. The van der Waals surface area contributed by atoms with Gasteiger partial charge in [0.05, 0.1) is 0 Å². The van der Waals surface area contributed by atoms with Gasteiger partial charge in [0.2, 0.25) is 0 Å². The maximum atomic E-state index is 12.8. The molecule has 0 saturated carbocycles. The third-order valence-electron chi connectivity index (χ3n) is 11.1. The topological polar surface area (TPSA) is 78.9 Å². The van der Waals surface area contributed by atoms with Crippen molar-refractivity contribution in [2.45, 2.75) is 226 Å². The van der Waals surface area contributed by atoms with Gasteiger partial charge < -0.3 is 14.2 Å². The largest absolute Gasteiger partial charge is 0.462 e. The normalized spacial score (nSPS) is 13.2. The second-order valence-electron chi connectivity index (χ2n) is 17.6. The van der Waals surface area contributed by atoms with Gasteiger partial charge in [0.1, 0.15) is 13.2 Å². The molecule has 0 amide bonds. The van der Waals surface area contributed by atoms with Crippen molar-refractivity contribution in [2.75, 3.05) is 13.2 Å². The summed E-state index contributed by atoms with van der Waals surface area (Å²) in [6.07, 6.45) is 77.1. The van der Waals surface area contributed by atoms with Gasteiger partial charge in [-0.05, 0) is 89.9 Å². The number of unbranched alkanes of at least 4 members (excludes halogenated alkanes) is 22. The number of rotatable bonds is 47. The van der Waals surface area contributed by atoms with Gasteiger partial charge in [0.15, 0.2) is 6.10 Å². The Balaban J connectivity index is 4.57. The highest BCUT2D eigenvalue weighted by Gasteiger charge is 2.19. The number of allylic oxidation sites excluding steroid dienone is 22. The summed E-state index contributed by atoms with van der Waals surface area (Å²) < 4.78 is 16.8. The maximum Gasteiger partial charge on any atom is 0.306 e. The summed E-state index contributed by atoms with van der Waals surface area (Å²) >= 11 is 0. The van der Waals surface area contributed by atoms with Crippen LogP contribution >= 0.6 is 0 Å². The number of ether oxygens (including phenoxy) is 3. The first-order chi connectivity index (χ1) is 33.5. The Morgan fingerprint density at radius 2 is 0.588 bits per heavy atom. The summed E-state index contributed by atoms with van der Waals surface area (Å²) in [5.41, 5.74) is 0. The molecular formula is C62H98O6. The Bertz CT molecular complexity index is 1500. The van der Waals surface area contributed by atoms with Crippen molar-refractivity contribution < 1.29 is 28.6 Å². The zero-order chi connectivity index (χ0) is 49.3. The van der Waals surface area contributed by atoms with E-state index in [0.29, 0.717) is 19.3 Å². The third-order valence-corrected chi connectivity index (χ3v) is 11.1. The SMILES string of the molecule is CC\C=C/C=C\C=C/C=C\C=C\C=C/CCCCCC(=O)OC(COC(=O)CCCCCCC\C=C/C=C\C=C/C=C\CCCCC)COC(=O)CCCCCCCCC/C=C\CCCCCC. The standard InChI is InChI=1S/C62H98O6/c1-4-7-10-13-16-19-22-25-28-30-32-34-37-40-43-46-49-52-55-61(64)67-58-59(57-66-60(63)54-51-48-45-42-39-36-33-27-24-21-18-15-12-9-6-3)68-62(65)56-53-50-47-44-41-38-35-31-29-26-23-20-17-14-11-8-5-2/h8,11,14,16-17,19-26,28-32,34-35,38,41,59H,4-7,9-10,12-13,15,18,27,33,36-37,39-40,42-58H2,1-3H3/b11-8-,17-14-,19-16-,23-20-,24-21-,25-22-,29-26-,30-28-,34-32-,35-31+,41-38-. The minimum atomic E-state index is -0.818. The first-order valence-corrected chi connectivity index (χ1v) is 27.3. The van der Waals surface area contributed by atoms with Crippen molar-refractivity contribution in [2.24, 2.45) is 0 Å². The predicted molar refractivity (Wildman–Crippen MR) is 292 cm³/mol. The predicted octanol–water partition coefficient (Wildman–Crippen LogP) is 18.3. The van der Waals surface area contributed by atoms with Gasteiger partial charge in [-0.25, -0.2) is 0 Å². The molecule has 0 N–H and O–H groups in total. The zero-order valence-electron chi connectivity index (χ0n) is 43.6. The molecule has 0 rings (SSSR count). The number of carbonyl (C=O) groups is 3. The van der Waals surface area contributed by atoms with E-state index in [9.17, 15) is 14.4 Å². The molecule has 1 unspecified atom stereocenters. The Kier molecular flexibility index (Phi) is 51.5. The molecule has 0 fully saturated rings. The summed E-state index contributed by atoms with van der Waals surface area (Å²) in [6, 6.07) is 0. The van der Waals surface area contributed by atoms with Crippen LogP contribution in [0.1, 0.15) is 220 Å². The third kappa shape index (κ3) is 52.5. The van der Waals surface area contributed by atoms with Gasteiger partial charge in [-0.3, -0.25) is 14.4 Å². The summed E-state index contributed by atoms with van der Waals surface area (Å²) in [6.45, 7) is 6.37. The molecule has 6 nitrogen and oxygen atoms in total. The lowest BCUT2D eigenvalue weighted by molar-refractivity contribution is -0.167. The lowest BCUT2D eigenvalue weighted by Gasteiger charge is -2.18. The molecule has 1 atom stereocenters. The molecule has 0 aromatic rings. The average molecular weight is 939 g/mol. The van der Waals surface area contributed by atoms with E-state index in [1.807, 2.05) is 60.8 Å². The van der Waals surface area contributed by atoms with E-state index >= 15 is 0 Å². The number of hydrogen-bond acceptors (Lipinski definition) is 6. The Labute approximate surface area is 417 Å². The fraction of sp³-hybridized carbons (Fsp3) is 0.597. The van der Waals surface area contributed by atoms with Crippen molar-refractivity contribution in [3.63, 3.8) is 0 Å². The van der Waals surface area contributed by atoms with Gasteiger partial charge in [-0.2, -0.15) is 0 Å². The van der Waals surface area contributed by atoms with Crippen LogP contribution < -0.4 is 0 Å². The van der Waals surface area contributed by atoms with Crippen LogP contribution in [-0.2, 0) is 28.6 Å². The van der Waals surface area contributed by atoms with Gasteiger partial charge in [0, 0.05) is 19.3 Å². The number of carbonyl (C=O) groups excluding carboxylic acids is 3. The molecule has 0 aliphatic rings. The summed E-state index contributed by atoms with van der Waals surface area (Å²) in [5, 5.41) is 0. The number of esters is 3. The fourth-order valence-electron chi connectivity index (χ4n) is 7.01. The van der Waals surface area contributed by atoms with E-state index in [1.165, 1.54) is 83.5 Å². The first-order valence-electron chi connectivity index (χ1n) is 27.3. The smallest absolute Gasteiger partial charge is 0.306 e. The lowest BCUT2D eigenvalue weighted by Crippen LogP contribution is -2.30. The van der Waals surface area contributed by atoms with E-state index in [2.05, 4.69) is 93.7 Å². The monoisotopic (exact) mass is 939 g/mol. The molecule has 0 heterocycles. The Hall–Kier alpha value is -4.45. The Morgan fingerprint density at radius 3 is 0.985 bits per heavy atom. The van der Waals surface area contributed by atoms with E-state index in [0.717, 1.165) is 89.9 Å². The second-order valence-corrected chi connectivity index (χ2v) is 17.6. The minimum Gasteiger partial charge on any atom is -0.462 e. The van der Waals surface area contributed by atoms with E-state index in [1.54, 1.807) is 0 Å². The molecule has 0 aliphatic heterocycles. The van der Waals surface area contributed by atoms with Crippen molar-refractivity contribution in [1.82, 2.24) is 0 Å². The molecule has 0 radical (unpaired) electrons. The van der Waals surface area contributed by atoms with Crippen LogP contribution in [0.3, 0.4) is 0 Å². The zero-order valence-corrected chi connectivity index (χ0v) is 43.6. The first kappa shape index (κ1) is 63.6. The summed E-state index contributed by atoms with van der Waals surface area (Å²) in [5.74, 6) is -0.989. The van der Waals surface area contributed by atoms with Gasteiger partial charge in [-0.15, -0.1) is 0 Å². The Morgan fingerprint density at radius 1 is 0.309 bits per heavy atom. The minimum absolute atomic E-state index is 0.111. The molecular weight excluding hydrogens is 841 g/mol. The lowest BCUT2D eigenvalue weighted by atomic mass is 10.1. The highest BCUT2D eigenvalue weighted by Crippen LogP contribution is 2.13. The van der Waals surface area contributed by atoms with Crippen molar-refractivity contribution in [3.8, 4) is 0 Å². The highest BCUT2D eigenvalue weighted by molar-refractivity contribution is 5.71. The van der Waals surface area contributed by atoms with Gasteiger partial charge in [-0.1, -0.05) is 244 Å². The van der Waals surface area contributed by atoms with E-state index in [4.69, 9.17) is 14.2 Å². The van der Waals surface area contributed by atoms with Crippen molar-refractivity contribution in [3.05, 3.63) is 134 Å². The van der Waals surface area contributed by atoms with Crippen molar-refractivity contribution >= 4 is 17.9 Å². The second kappa shape index (κ2) is 55.1. The fourth-order valence-corrected chi connectivity index (χ4v) is 7.01. The molecule has 0 spiro atoms. The molecule has 0 aliphatic carbocycles. The average Bonchev–Trinajstić information content (AvgIpc) is 3.34. The summed E-state index contributed by atoms with van der Waals surface area (Å²) in [7, 11) is 0. The van der Waals surface area contributed by atoms with Crippen LogP contribution in [0.25, 0.3) is 0 Å². The van der Waals surface area contributed by atoms with Crippen LogP contribution in [-0.4, -0.2) is 37.2 Å². The highest BCUT2D eigenvalue weighted by atomic mass is 16.6. The van der Waals surface area contributed by atoms with E-state index in [-0.39, 0.29) is 37.5 Å². The van der Waals surface area contributed by atoms with Crippen LogP contribution in [0, 0.1) is 0 Å². The molecule has 0 bridgehead atoms. The molecule has 0 aromatic carbocycles. The van der Waals surface area contributed by atoms with Crippen LogP contribution in [0.15, 0.2) is 134 Å². The quantitative estimate of drug-likeness (QED) is 0.0199. The maximum absolute atomic E-state index is 12.8. The van der Waals surface area contributed by atoms with Gasteiger partial charge in [0.25, 0.3) is 0 Å². The number of hydrogen-bond donors (Lipinski definition) is 0. The molecule has 382 valence electrons. The molecule has 0 aromatic heterocycles. The van der Waals surface area contributed by atoms with Crippen molar-refractivity contribution in [1.29, 1.82) is 0 Å². The molecule has 0 saturated heterocycles. The molecule has 68 heavy (non-hydrogen) atoms.